The minimum Gasteiger partial charge on any atom is -0.444 e. The molecule has 152 valence electrons. The summed E-state index contributed by atoms with van der Waals surface area (Å²) in [6.07, 6.45) is 7.98. The number of amides is 1. The van der Waals surface area contributed by atoms with E-state index in [-0.39, 0.29) is 6.09 Å². The summed E-state index contributed by atoms with van der Waals surface area (Å²) in [5.41, 5.74) is 1.92. The fraction of sp³-hybridized carbons (Fsp3) is 0.667. The van der Waals surface area contributed by atoms with Crippen molar-refractivity contribution in [1.82, 2.24) is 19.9 Å². The van der Waals surface area contributed by atoms with Crippen molar-refractivity contribution < 1.29 is 9.53 Å². The molecule has 1 aliphatic carbocycles. The minimum absolute atomic E-state index is 0.330. The largest absolute Gasteiger partial charge is 0.444 e. The van der Waals surface area contributed by atoms with Gasteiger partial charge in [-0.1, -0.05) is 6.92 Å². The van der Waals surface area contributed by atoms with Gasteiger partial charge in [0.1, 0.15) is 23.4 Å². The molecule has 2 aromatic rings. The molecule has 0 saturated heterocycles. The first-order chi connectivity index (χ1) is 13.3. The Morgan fingerprint density at radius 3 is 2.93 bits per heavy atom. The number of hydrogen-bond acceptors (Lipinski definition) is 5. The predicted molar refractivity (Wildman–Crippen MR) is 110 cm³/mol. The molecule has 2 aromatic heterocycles. The monoisotopic (exact) mass is 385 g/mol. The Hall–Kier alpha value is -2.31. The maximum absolute atomic E-state index is 11.9. The van der Waals surface area contributed by atoms with Gasteiger partial charge in [-0.05, 0) is 63.9 Å². The molecule has 1 saturated carbocycles. The van der Waals surface area contributed by atoms with Gasteiger partial charge in [-0.2, -0.15) is 0 Å². The summed E-state index contributed by atoms with van der Waals surface area (Å²) in [6.45, 7) is 9.54. The molecule has 3 heterocycles. The summed E-state index contributed by atoms with van der Waals surface area (Å²) >= 11 is 0. The Morgan fingerprint density at radius 1 is 1.32 bits per heavy atom. The van der Waals surface area contributed by atoms with Gasteiger partial charge in [0.2, 0.25) is 0 Å². The zero-order valence-corrected chi connectivity index (χ0v) is 17.3. The third-order valence-electron chi connectivity index (χ3n) is 5.88. The molecule has 28 heavy (non-hydrogen) atoms. The van der Waals surface area contributed by atoms with Gasteiger partial charge in [0.25, 0.3) is 0 Å². The van der Waals surface area contributed by atoms with Crippen LogP contribution in [0.15, 0.2) is 12.5 Å². The number of carbonyl (C=O) groups excluding carboxylic acids is 1. The maximum Gasteiger partial charge on any atom is 0.407 e. The second-order valence-electron chi connectivity index (χ2n) is 9.24. The highest BCUT2D eigenvalue weighted by Gasteiger charge is 2.30. The van der Waals surface area contributed by atoms with E-state index in [0.717, 1.165) is 43.7 Å². The number of carbonyl (C=O) groups is 1. The quantitative estimate of drug-likeness (QED) is 0.827. The molecular weight excluding hydrogens is 354 g/mol. The molecular formula is C21H31N5O2. The summed E-state index contributed by atoms with van der Waals surface area (Å²) < 4.78 is 7.70. The first-order valence-electron chi connectivity index (χ1n) is 10.4. The molecule has 7 heteroatoms. The van der Waals surface area contributed by atoms with Crippen LogP contribution in [0.4, 0.5) is 10.6 Å². The van der Waals surface area contributed by atoms with Crippen molar-refractivity contribution in [3.05, 3.63) is 18.1 Å². The summed E-state index contributed by atoms with van der Waals surface area (Å²) in [6, 6.07) is 0.413. The highest BCUT2D eigenvalue weighted by Crippen LogP contribution is 2.41. The Bertz CT molecular complexity index is 870. The molecule has 0 radical (unpaired) electrons. The van der Waals surface area contributed by atoms with Crippen molar-refractivity contribution in [2.24, 2.45) is 5.92 Å². The van der Waals surface area contributed by atoms with E-state index in [2.05, 4.69) is 38.3 Å². The van der Waals surface area contributed by atoms with Crippen LogP contribution in [-0.4, -0.2) is 39.3 Å². The molecule has 4 rings (SSSR count). The van der Waals surface area contributed by atoms with Crippen LogP contribution in [0.25, 0.3) is 11.0 Å². The van der Waals surface area contributed by atoms with Crippen LogP contribution >= 0.6 is 0 Å². The summed E-state index contributed by atoms with van der Waals surface area (Å²) in [5.74, 6) is 1.92. The van der Waals surface area contributed by atoms with Crippen LogP contribution in [0.3, 0.4) is 0 Å². The smallest absolute Gasteiger partial charge is 0.407 e. The lowest BCUT2D eigenvalue weighted by Gasteiger charge is -2.21. The van der Waals surface area contributed by atoms with Gasteiger partial charge in [0.05, 0.1) is 5.39 Å². The molecule has 0 spiro atoms. The second-order valence-corrected chi connectivity index (χ2v) is 9.24. The molecule has 1 amide bonds. The molecule has 3 unspecified atom stereocenters. The third-order valence-corrected chi connectivity index (χ3v) is 5.88. The molecule has 1 fully saturated rings. The van der Waals surface area contributed by atoms with E-state index in [4.69, 9.17) is 4.74 Å². The van der Waals surface area contributed by atoms with E-state index in [1.807, 2.05) is 20.8 Å². The number of rotatable bonds is 3. The van der Waals surface area contributed by atoms with E-state index in [9.17, 15) is 4.79 Å². The standard InChI is InChI=1S/C21H31N5O2/c1-13-7-8-22-18-17-16(13)11-26(19(17)25-12-24-18)15-6-5-14(9-15)10-23-20(27)28-21(2,3)4/h11-15H,5-10H2,1-4H3,(H,23,27)(H,22,24,25). The number of hydrogen-bond donors (Lipinski definition) is 2. The van der Waals surface area contributed by atoms with Crippen LogP contribution in [0.2, 0.25) is 0 Å². The molecule has 0 aromatic carbocycles. The maximum atomic E-state index is 11.9. The summed E-state index contributed by atoms with van der Waals surface area (Å²) in [5, 5.41) is 7.58. The molecule has 0 bridgehead atoms. The highest BCUT2D eigenvalue weighted by molar-refractivity contribution is 5.92. The highest BCUT2D eigenvalue weighted by atomic mass is 16.6. The number of nitrogens with zero attached hydrogens (tertiary/aromatic N) is 3. The summed E-state index contributed by atoms with van der Waals surface area (Å²) in [7, 11) is 0. The van der Waals surface area contributed by atoms with Gasteiger partial charge < -0.3 is 19.9 Å². The summed E-state index contributed by atoms with van der Waals surface area (Å²) in [4.78, 5) is 21.0. The molecule has 7 nitrogen and oxygen atoms in total. The lowest BCUT2D eigenvalue weighted by atomic mass is 10.00. The van der Waals surface area contributed by atoms with Crippen molar-refractivity contribution in [2.45, 2.75) is 70.9 Å². The fourth-order valence-electron chi connectivity index (χ4n) is 4.49. The predicted octanol–water partition coefficient (Wildman–Crippen LogP) is 4.22. The van der Waals surface area contributed by atoms with Gasteiger partial charge in [-0.25, -0.2) is 14.8 Å². The van der Waals surface area contributed by atoms with Crippen molar-refractivity contribution in [1.29, 1.82) is 0 Å². The minimum atomic E-state index is -0.462. The van der Waals surface area contributed by atoms with Crippen molar-refractivity contribution in [2.75, 3.05) is 18.4 Å². The van der Waals surface area contributed by atoms with Crippen LogP contribution in [0.1, 0.15) is 70.9 Å². The molecule has 2 N–H and O–H groups in total. The van der Waals surface area contributed by atoms with Crippen LogP contribution in [0, 0.1) is 5.92 Å². The molecule has 1 aliphatic heterocycles. The van der Waals surface area contributed by atoms with E-state index in [0.29, 0.717) is 24.4 Å². The Balaban J connectivity index is 1.48. The van der Waals surface area contributed by atoms with E-state index >= 15 is 0 Å². The zero-order valence-electron chi connectivity index (χ0n) is 17.3. The van der Waals surface area contributed by atoms with E-state index in [1.54, 1.807) is 6.33 Å². The lowest BCUT2D eigenvalue weighted by Crippen LogP contribution is -2.34. The lowest BCUT2D eigenvalue weighted by molar-refractivity contribution is 0.0519. The van der Waals surface area contributed by atoms with E-state index in [1.165, 1.54) is 10.9 Å². The van der Waals surface area contributed by atoms with Gasteiger partial charge >= 0.3 is 6.09 Å². The van der Waals surface area contributed by atoms with Crippen molar-refractivity contribution >= 4 is 22.9 Å². The molecule has 2 aliphatic rings. The fourth-order valence-corrected chi connectivity index (χ4v) is 4.49. The molecule has 3 atom stereocenters. The van der Waals surface area contributed by atoms with Crippen molar-refractivity contribution in [3.63, 3.8) is 0 Å². The van der Waals surface area contributed by atoms with Gasteiger partial charge in [-0.15, -0.1) is 0 Å². The zero-order chi connectivity index (χ0) is 19.9. The normalized spacial score (nSPS) is 24.6. The van der Waals surface area contributed by atoms with Crippen LogP contribution in [0.5, 0.6) is 0 Å². The van der Waals surface area contributed by atoms with E-state index < -0.39 is 5.60 Å². The third kappa shape index (κ3) is 3.80. The van der Waals surface area contributed by atoms with Gasteiger partial charge in [-0.3, -0.25) is 0 Å². The number of ether oxygens (including phenoxy) is 1. The average molecular weight is 386 g/mol. The number of alkyl carbamates (subject to hydrolysis) is 1. The first kappa shape index (κ1) is 19.0. The van der Waals surface area contributed by atoms with Crippen LogP contribution in [-0.2, 0) is 4.74 Å². The SMILES string of the molecule is CC1CCNc2ncnc3c2c1cn3C1CCC(CNC(=O)OC(C)(C)C)C1. The number of nitrogens with one attached hydrogen (secondary N) is 2. The average Bonchev–Trinajstić information content (AvgIpc) is 3.19. The van der Waals surface area contributed by atoms with Crippen LogP contribution < -0.4 is 10.6 Å². The Morgan fingerprint density at radius 2 is 2.14 bits per heavy atom. The van der Waals surface area contributed by atoms with Gasteiger partial charge in [0, 0.05) is 25.3 Å². The van der Waals surface area contributed by atoms with Gasteiger partial charge in [0.15, 0.2) is 0 Å². The second kappa shape index (κ2) is 7.26. The Labute approximate surface area is 166 Å². The topological polar surface area (TPSA) is 81.1 Å². The first-order valence-corrected chi connectivity index (χ1v) is 10.4. The number of anilines is 1. The Kier molecular flexibility index (Phi) is 4.93. The van der Waals surface area contributed by atoms with Crippen molar-refractivity contribution in [3.8, 4) is 0 Å². The number of aromatic nitrogens is 3.